The van der Waals surface area contributed by atoms with Crippen LogP contribution in [0.1, 0.15) is 0 Å². The molecule has 0 aliphatic heterocycles. The number of carbonyl (C=O) groups is 1. The van der Waals surface area contributed by atoms with E-state index < -0.39 is 0 Å². The molecule has 0 spiro atoms. The van der Waals surface area contributed by atoms with Gasteiger partial charge in [0.25, 0.3) is 5.56 Å². The van der Waals surface area contributed by atoms with Gasteiger partial charge >= 0.3 is 0 Å². The Labute approximate surface area is 212 Å². The van der Waals surface area contributed by atoms with Gasteiger partial charge in [0.2, 0.25) is 5.91 Å². The van der Waals surface area contributed by atoms with Crippen LogP contribution in [0.5, 0.6) is 5.75 Å². The zero-order valence-electron chi connectivity index (χ0n) is 19.5. The summed E-state index contributed by atoms with van der Waals surface area (Å²) in [6, 6.07) is 32.0. The van der Waals surface area contributed by atoms with Gasteiger partial charge in [-0.05, 0) is 35.9 Å². The number of thioether (sulfide) groups is 1. The van der Waals surface area contributed by atoms with E-state index >= 15 is 0 Å². The molecule has 1 heterocycles. The third-order valence-corrected chi connectivity index (χ3v) is 6.63. The van der Waals surface area contributed by atoms with E-state index in [1.54, 1.807) is 31.4 Å². The van der Waals surface area contributed by atoms with Crippen LogP contribution in [-0.4, -0.2) is 28.3 Å². The summed E-state index contributed by atoms with van der Waals surface area (Å²) in [5.74, 6) is 0.417. The first-order valence-electron chi connectivity index (χ1n) is 11.4. The number of hydrogen-bond acceptors (Lipinski definition) is 5. The number of hydrogen-bond donors (Lipinski definition) is 1. The molecule has 5 aromatic rings. The van der Waals surface area contributed by atoms with E-state index in [1.807, 2.05) is 78.9 Å². The number of nitrogens with zero attached hydrogens (tertiary/aromatic N) is 2. The molecule has 36 heavy (non-hydrogen) atoms. The predicted octanol–water partition coefficient (Wildman–Crippen LogP) is 5.79. The zero-order valence-corrected chi connectivity index (χ0v) is 20.4. The van der Waals surface area contributed by atoms with Crippen molar-refractivity contribution >= 4 is 34.3 Å². The van der Waals surface area contributed by atoms with E-state index in [4.69, 9.17) is 9.72 Å². The number of nitrogens with one attached hydrogen (secondary N) is 1. The van der Waals surface area contributed by atoms with Gasteiger partial charge in [-0.2, -0.15) is 0 Å². The quantitative estimate of drug-likeness (QED) is 0.229. The molecule has 5 rings (SSSR count). The minimum Gasteiger partial charge on any atom is -0.495 e. The van der Waals surface area contributed by atoms with E-state index in [1.165, 1.54) is 16.3 Å². The Morgan fingerprint density at radius 3 is 2.42 bits per heavy atom. The lowest BCUT2D eigenvalue weighted by atomic mass is 10.0. The summed E-state index contributed by atoms with van der Waals surface area (Å²) in [5, 5.41) is 3.92. The smallest absolute Gasteiger partial charge is 0.266 e. The first-order chi connectivity index (χ1) is 17.7. The van der Waals surface area contributed by atoms with E-state index in [9.17, 15) is 9.59 Å². The number of aromatic nitrogens is 2. The zero-order chi connectivity index (χ0) is 24.9. The average Bonchev–Trinajstić information content (AvgIpc) is 2.93. The lowest BCUT2D eigenvalue weighted by molar-refractivity contribution is -0.113. The number of anilines is 1. The Hall–Kier alpha value is -4.36. The molecule has 0 bridgehead atoms. The molecular weight excluding hydrogens is 470 g/mol. The average molecular weight is 494 g/mol. The fourth-order valence-electron chi connectivity index (χ4n) is 4.01. The number of methoxy groups -OCH3 is 1. The minimum atomic E-state index is -0.220. The minimum absolute atomic E-state index is 0.0725. The molecule has 0 saturated carbocycles. The molecule has 178 valence electrons. The maximum absolute atomic E-state index is 13.5. The molecule has 0 fully saturated rings. The van der Waals surface area contributed by atoms with Gasteiger partial charge in [-0.25, -0.2) is 4.98 Å². The maximum atomic E-state index is 13.5. The van der Waals surface area contributed by atoms with Gasteiger partial charge in [0, 0.05) is 11.3 Å². The van der Waals surface area contributed by atoms with Crippen molar-refractivity contribution in [3.8, 4) is 22.6 Å². The third kappa shape index (κ3) is 4.74. The van der Waals surface area contributed by atoms with Crippen molar-refractivity contribution < 1.29 is 9.53 Å². The fraction of sp³-hybridized carbons (Fsp3) is 0.0690. The molecule has 0 radical (unpaired) electrons. The predicted molar refractivity (Wildman–Crippen MR) is 145 cm³/mol. The van der Waals surface area contributed by atoms with E-state index in [0.29, 0.717) is 27.5 Å². The second-order valence-corrected chi connectivity index (χ2v) is 8.91. The molecule has 1 amide bonds. The number of para-hydroxylation sites is 4. The van der Waals surface area contributed by atoms with Crippen LogP contribution in [0.15, 0.2) is 113 Å². The van der Waals surface area contributed by atoms with Crippen LogP contribution in [0, 0.1) is 0 Å². The van der Waals surface area contributed by atoms with E-state index in [-0.39, 0.29) is 17.2 Å². The van der Waals surface area contributed by atoms with Crippen molar-refractivity contribution in [2.75, 3.05) is 18.2 Å². The summed E-state index contributed by atoms with van der Waals surface area (Å²) >= 11 is 1.20. The molecule has 6 nitrogen and oxygen atoms in total. The van der Waals surface area contributed by atoms with Gasteiger partial charge in [0.15, 0.2) is 5.16 Å². The Morgan fingerprint density at radius 2 is 1.58 bits per heavy atom. The van der Waals surface area contributed by atoms with E-state index in [0.717, 1.165) is 16.8 Å². The highest BCUT2D eigenvalue weighted by Crippen LogP contribution is 2.29. The highest BCUT2D eigenvalue weighted by atomic mass is 32.2. The lowest BCUT2D eigenvalue weighted by Crippen LogP contribution is -2.23. The summed E-state index contributed by atoms with van der Waals surface area (Å²) in [6.45, 7) is 0. The molecular formula is C29H23N3O3S. The fourth-order valence-corrected chi connectivity index (χ4v) is 4.82. The van der Waals surface area contributed by atoms with Crippen LogP contribution >= 0.6 is 11.8 Å². The Balaban J connectivity index is 1.47. The summed E-state index contributed by atoms with van der Waals surface area (Å²) in [6.07, 6.45) is 0. The number of amides is 1. The van der Waals surface area contributed by atoms with Crippen molar-refractivity contribution in [2.45, 2.75) is 5.16 Å². The largest absolute Gasteiger partial charge is 0.495 e. The number of carbonyl (C=O) groups excluding carboxylic acids is 1. The van der Waals surface area contributed by atoms with Crippen molar-refractivity contribution in [2.24, 2.45) is 0 Å². The molecule has 1 N–H and O–H groups in total. The Bertz CT molecular complexity index is 1600. The number of fused-ring (bicyclic) bond motifs is 1. The van der Waals surface area contributed by atoms with Gasteiger partial charge in [0.1, 0.15) is 5.75 Å². The van der Waals surface area contributed by atoms with Crippen LogP contribution in [-0.2, 0) is 4.79 Å². The van der Waals surface area contributed by atoms with E-state index in [2.05, 4.69) is 5.32 Å². The monoisotopic (exact) mass is 493 g/mol. The van der Waals surface area contributed by atoms with Crippen LogP contribution in [0.2, 0.25) is 0 Å². The summed E-state index contributed by atoms with van der Waals surface area (Å²) in [5.41, 5.74) is 3.60. The highest BCUT2D eigenvalue weighted by molar-refractivity contribution is 7.99. The Morgan fingerprint density at radius 1 is 0.889 bits per heavy atom. The van der Waals surface area contributed by atoms with Crippen LogP contribution < -0.4 is 15.6 Å². The standard InChI is InChI=1S/C29H23N3O3S/c1-35-26-18-10-9-17-25(26)32-28(34)22-14-6-8-16-24(22)31-29(32)36-19-27(33)30-23-15-7-5-13-21(23)20-11-3-2-4-12-20/h2-18H,19H2,1H3,(H,30,33). The van der Waals surface area contributed by atoms with Gasteiger partial charge in [0.05, 0.1) is 29.5 Å². The maximum Gasteiger partial charge on any atom is 0.266 e. The molecule has 0 aliphatic rings. The molecule has 0 saturated heterocycles. The second-order valence-electron chi connectivity index (χ2n) is 7.97. The molecule has 7 heteroatoms. The summed E-state index contributed by atoms with van der Waals surface area (Å²) in [7, 11) is 1.56. The second kappa shape index (κ2) is 10.5. The first kappa shape index (κ1) is 23.4. The van der Waals surface area contributed by atoms with Crippen molar-refractivity contribution in [3.63, 3.8) is 0 Å². The highest BCUT2D eigenvalue weighted by Gasteiger charge is 2.18. The van der Waals surface area contributed by atoms with Crippen LogP contribution in [0.25, 0.3) is 27.7 Å². The lowest BCUT2D eigenvalue weighted by Gasteiger charge is -2.16. The third-order valence-electron chi connectivity index (χ3n) is 5.69. The Kier molecular flexibility index (Phi) is 6.82. The number of rotatable bonds is 7. The van der Waals surface area contributed by atoms with Crippen molar-refractivity contribution in [3.05, 3.63) is 113 Å². The van der Waals surface area contributed by atoms with Crippen LogP contribution in [0.4, 0.5) is 5.69 Å². The topological polar surface area (TPSA) is 73.2 Å². The van der Waals surface area contributed by atoms with Gasteiger partial charge in [-0.3, -0.25) is 14.2 Å². The van der Waals surface area contributed by atoms with Crippen molar-refractivity contribution in [1.82, 2.24) is 9.55 Å². The molecule has 0 aliphatic carbocycles. The van der Waals surface area contributed by atoms with Gasteiger partial charge < -0.3 is 10.1 Å². The summed E-state index contributed by atoms with van der Waals surface area (Å²) < 4.78 is 7.02. The SMILES string of the molecule is COc1ccccc1-n1c(SCC(=O)Nc2ccccc2-c2ccccc2)nc2ccccc2c1=O. The van der Waals surface area contributed by atoms with Gasteiger partial charge in [-0.1, -0.05) is 84.6 Å². The molecule has 4 aromatic carbocycles. The van der Waals surface area contributed by atoms with Crippen molar-refractivity contribution in [1.29, 1.82) is 0 Å². The molecule has 0 atom stereocenters. The first-order valence-corrected chi connectivity index (χ1v) is 12.4. The van der Waals surface area contributed by atoms with Crippen LogP contribution in [0.3, 0.4) is 0 Å². The normalized spacial score (nSPS) is 10.8. The molecule has 1 aromatic heterocycles. The van der Waals surface area contributed by atoms with Gasteiger partial charge in [-0.15, -0.1) is 0 Å². The number of benzene rings is 4. The molecule has 0 unspecified atom stereocenters. The number of ether oxygens (including phenoxy) is 1. The summed E-state index contributed by atoms with van der Waals surface area (Å²) in [4.78, 5) is 31.2.